The predicted octanol–water partition coefficient (Wildman–Crippen LogP) is 1.76. The zero-order valence-corrected chi connectivity index (χ0v) is 11.3. The lowest BCUT2D eigenvalue weighted by Crippen LogP contribution is -2.09. The minimum absolute atomic E-state index is 0.382. The van der Waals surface area contributed by atoms with Gasteiger partial charge in [0.2, 0.25) is 0 Å². The summed E-state index contributed by atoms with van der Waals surface area (Å²) in [7, 11) is 1.81. The quantitative estimate of drug-likeness (QED) is 0.919. The third kappa shape index (κ3) is 2.52. The van der Waals surface area contributed by atoms with E-state index in [0.29, 0.717) is 23.0 Å². The second-order valence-corrected chi connectivity index (χ2v) is 4.60. The molecule has 0 aliphatic heterocycles. The van der Waals surface area contributed by atoms with E-state index in [0.717, 1.165) is 11.4 Å². The number of rotatable bonds is 3. The van der Waals surface area contributed by atoms with Crippen molar-refractivity contribution in [2.24, 2.45) is 7.05 Å². The summed E-state index contributed by atoms with van der Waals surface area (Å²) >= 11 is 6.15. The van der Waals surface area contributed by atoms with Crippen LogP contribution in [0.5, 0.6) is 0 Å². The summed E-state index contributed by atoms with van der Waals surface area (Å²) in [4.78, 5) is 8.20. The van der Waals surface area contributed by atoms with Gasteiger partial charge in [0.1, 0.15) is 11.9 Å². The molecule has 2 rings (SSSR count). The first-order chi connectivity index (χ1) is 8.49. The Morgan fingerprint density at radius 1 is 1.44 bits per heavy atom. The molecule has 0 bridgehead atoms. The molecule has 1 N–H and O–H groups in total. The van der Waals surface area contributed by atoms with Crippen molar-refractivity contribution in [3.63, 3.8) is 0 Å². The molecule has 18 heavy (non-hydrogen) atoms. The van der Waals surface area contributed by atoms with Gasteiger partial charge in [-0.15, -0.1) is 0 Å². The highest BCUT2D eigenvalue weighted by Crippen LogP contribution is 2.24. The van der Waals surface area contributed by atoms with Gasteiger partial charge in [-0.1, -0.05) is 11.6 Å². The number of aromatic nitrogens is 4. The van der Waals surface area contributed by atoms with Gasteiger partial charge in [0.25, 0.3) is 0 Å². The minimum Gasteiger partial charge on any atom is -0.386 e. The molecule has 0 aromatic carbocycles. The van der Waals surface area contributed by atoms with Crippen LogP contribution in [0.25, 0.3) is 0 Å². The third-order valence-corrected chi connectivity index (χ3v) is 3.28. The van der Waals surface area contributed by atoms with Gasteiger partial charge in [0.15, 0.2) is 0 Å². The van der Waals surface area contributed by atoms with Crippen LogP contribution in [0.4, 0.5) is 0 Å². The van der Waals surface area contributed by atoms with Crippen LogP contribution >= 0.6 is 11.6 Å². The van der Waals surface area contributed by atoms with Crippen LogP contribution in [0.15, 0.2) is 12.3 Å². The summed E-state index contributed by atoms with van der Waals surface area (Å²) < 4.78 is 1.69. The van der Waals surface area contributed by atoms with Gasteiger partial charge in [-0.2, -0.15) is 5.10 Å². The van der Waals surface area contributed by atoms with Crippen molar-refractivity contribution in [1.82, 2.24) is 19.7 Å². The molecule has 0 radical (unpaired) electrons. The summed E-state index contributed by atoms with van der Waals surface area (Å²) in [5.74, 6) is 0.638. The van der Waals surface area contributed by atoms with Crippen LogP contribution in [0.1, 0.15) is 29.0 Å². The molecule has 0 saturated carbocycles. The summed E-state index contributed by atoms with van der Waals surface area (Å²) in [6.07, 6.45) is 1.31. The molecule has 0 aliphatic carbocycles. The van der Waals surface area contributed by atoms with Gasteiger partial charge in [-0.25, -0.2) is 9.97 Å². The smallest absolute Gasteiger partial charge is 0.125 e. The van der Waals surface area contributed by atoms with E-state index in [1.165, 1.54) is 0 Å². The summed E-state index contributed by atoms with van der Waals surface area (Å²) in [6, 6.07) is 1.70. The fourth-order valence-electron chi connectivity index (χ4n) is 1.85. The number of hydrogen-bond acceptors (Lipinski definition) is 4. The fourth-order valence-corrected chi connectivity index (χ4v) is 2.09. The number of nitrogens with zero attached hydrogens (tertiary/aromatic N) is 4. The van der Waals surface area contributed by atoms with E-state index in [4.69, 9.17) is 11.6 Å². The number of aryl methyl sites for hydroxylation is 3. The maximum atomic E-state index is 10.2. The number of aliphatic hydroxyl groups excluding tert-OH is 1. The van der Waals surface area contributed by atoms with Gasteiger partial charge < -0.3 is 5.11 Å². The minimum atomic E-state index is -0.709. The van der Waals surface area contributed by atoms with E-state index in [1.54, 1.807) is 23.9 Å². The fraction of sp³-hybridized carbons (Fsp3) is 0.417. The van der Waals surface area contributed by atoms with Crippen molar-refractivity contribution in [2.45, 2.75) is 26.4 Å². The monoisotopic (exact) mass is 266 g/mol. The van der Waals surface area contributed by atoms with Gasteiger partial charge in [0, 0.05) is 19.7 Å². The molecule has 0 aliphatic rings. The van der Waals surface area contributed by atoms with E-state index < -0.39 is 6.10 Å². The second-order valence-electron chi connectivity index (χ2n) is 4.22. The number of aliphatic hydroxyl groups is 1. The van der Waals surface area contributed by atoms with E-state index in [1.807, 2.05) is 14.0 Å². The Bertz CT molecular complexity index is 567. The summed E-state index contributed by atoms with van der Waals surface area (Å²) in [5.41, 5.74) is 2.16. The van der Waals surface area contributed by atoms with Crippen molar-refractivity contribution in [3.8, 4) is 0 Å². The molecule has 5 nitrogen and oxygen atoms in total. The number of hydrogen-bond donors (Lipinski definition) is 1. The second kappa shape index (κ2) is 5.04. The molecule has 2 aromatic rings. The van der Waals surface area contributed by atoms with Gasteiger partial charge in [0.05, 0.1) is 22.1 Å². The molecular formula is C12H15ClN4O. The van der Waals surface area contributed by atoms with E-state index >= 15 is 0 Å². The van der Waals surface area contributed by atoms with Crippen LogP contribution in [-0.4, -0.2) is 24.9 Å². The highest BCUT2D eigenvalue weighted by molar-refractivity contribution is 6.31. The molecule has 1 atom stereocenters. The van der Waals surface area contributed by atoms with Crippen molar-refractivity contribution in [1.29, 1.82) is 0 Å². The maximum Gasteiger partial charge on any atom is 0.125 e. The zero-order valence-electron chi connectivity index (χ0n) is 10.6. The Morgan fingerprint density at radius 2 is 2.17 bits per heavy atom. The molecule has 96 valence electrons. The lowest BCUT2D eigenvalue weighted by atomic mass is 10.1. The first-order valence-corrected chi connectivity index (χ1v) is 6.02. The van der Waals surface area contributed by atoms with Crippen molar-refractivity contribution < 1.29 is 5.11 Å². The van der Waals surface area contributed by atoms with Crippen molar-refractivity contribution >= 4 is 11.6 Å². The first kappa shape index (κ1) is 13.0. The number of halogens is 1. The maximum absolute atomic E-state index is 10.2. The Labute approximate surface area is 110 Å². The molecule has 0 fully saturated rings. The zero-order chi connectivity index (χ0) is 13.3. The molecule has 2 heterocycles. The van der Waals surface area contributed by atoms with Crippen molar-refractivity contribution in [2.75, 3.05) is 0 Å². The van der Waals surface area contributed by atoms with Gasteiger partial charge in [-0.3, -0.25) is 4.68 Å². The predicted molar refractivity (Wildman–Crippen MR) is 68.4 cm³/mol. The normalized spacial score (nSPS) is 12.7. The summed E-state index contributed by atoms with van der Waals surface area (Å²) in [6.45, 7) is 3.63. The Balaban J connectivity index is 2.24. The molecule has 6 heteroatoms. The summed E-state index contributed by atoms with van der Waals surface area (Å²) in [5, 5.41) is 15.0. The molecule has 0 spiro atoms. The van der Waals surface area contributed by atoms with Crippen molar-refractivity contribution in [3.05, 3.63) is 40.2 Å². The molecule has 1 unspecified atom stereocenters. The average Bonchev–Trinajstić information content (AvgIpc) is 2.56. The van der Waals surface area contributed by atoms with Crippen LogP contribution in [0.2, 0.25) is 5.02 Å². The Morgan fingerprint density at radius 3 is 2.72 bits per heavy atom. The van der Waals surface area contributed by atoms with Gasteiger partial charge in [-0.05, 0) is 19.9 Å². The van der Waals surface area contributed by atoms with Crippen LogP contribution in [0.3, 0.4) is 0 Å². The van der Waals surface area contributed by atoms with E-state index in [9.17, 15) is 5.11 Å². The van der Waals surface area contributed by atoms with Crippen LogP contribution in [-0.2, 0) is 13.5 Å². The highest BCUT2D eigenvalue weighted by atomic mass is 35.5. The SMILES string of the molecule is Cc1nccc(C(O)Cc2c(Cl)c(C)nn2C)n1. The van der Waals surface area contributed by atoms with Crippen LogP contribution in [0, 0.1) is 13.8 Å². The first-order valence-electron chi connectivity index (χ1n) is 5.64. The highest BCUT2D eigenvalue weighted by Gasteiger charge is 2.17. The standard InChI is InChI=1S/C12H15ClN4O/c1-7-12(13)10(17(3)16-7)6-11(18)9-4-5-14-8(2)15-9/h4-5,11,18H,6H2,1-3H3. The van der Waals surface area contributed by atoms with E-state index in [-0.39, 0.29) is 0 Å². The third-order valence-electron chi connectivity index (χ3n) is 2.79. The van der Waals surface area contributed by atoms with Gasteiger partial charge >= 0.3 is 0 Å². The van der Waals surface area contributed by atoms with Crippen LogP contribution < -0.4 is 0 Å². The molecule has 0 amide bonds. The lowest BCUT2D eigenvalue weighted by Gasteiger charge is -2.10. The average molecular weight is 267 g/mol. The van der Waals surface area contributed by atoms with E-state index in [2.05, 4.69) is 15.1 Å². The molecule has 2 aromatic heterocycles. The Hall–Kier alpha value is -1.46. The Kier molecular flexibility index (Phi) is 3.63. The molecule has 0 saturated heterocycles. The lowest BCUT2D eigenvalue weighted by molar-refractivity contribution is 0.170. The topological polar surface area (TPSA) is 63.8 Å². The largest absolute Gasteiger partial charge is 0.386 e. The molecular weight excluding hydrogens is 252 g/mol.